The van der Waals surface area contributed by atoms with Gasteiger partial charge in [-0.05, 0) is 19.2 Å². The lowest BCUT2D eigenvalue weighted by Gasteiger charge is -2.17. The molecule has 0 radical (unpaired) electrons. The number of nitrogens with one attached hydrogen (secondary N) is 1. The molecule has 1 N–H and O–H groups in total. The van der Waals surface area contributed by atoms with Gasteiger partial charge in [-0.25, -0.2) is 0 Å². The van der Waals surface area contributed by atoms with E-state index in [9.17, 15) is 0 Å². The fraction of sp³-hybridized carbons (Fsp3) is 0.444. The summed E-state index contributed by atoms with van der Waals surface area (Å²) in [5.74, 6) is 1.25. The third-order valence-corrected chi connectivity index (χ3v) is 1.98. The molecule has 0 amide bonds. The van der Waals surface area contributed by atoms with Gasteiger partial charge in [0.15, 0.2) is 0 Å². The second-order valence-corrected chi connectivity index (χ2v) is 2.83. The number of fused-ring (bicyclic) bond motifs is 1. The van der Waals surface area contributed by atoms with Crippen molar-refractivity contribution in [1.29, 1.82) is 0 Å². The van der Waals surface area contributed by atoms with Gasteiger partial charge in [0.1, 0.15) is 11.9 Å². The Hall–Kier alpha value is -1.25. The molecule has 0 saturated heterocycles. The maximum Gasteiger partial charge on any atom is 0.133 e. The summed E-state index contributed by atoms with van der Waals surface area (Å²) in [6, 6.07) is 0. The van der Waals surface area contributed by atoms with E-state index in [0.29, 0.717) is 12.5 Å². The number of hydrogen-bond donors (Lipinski definition) is 1. The van der Waals surface area contributed by atoms with Gasteiger partial charge in [-0.15, -0.1) is 0 Å². The van der Waals surface area contributed by atoms with Crippen molar-refractivity contribution in [3.05, 3.63) is 24.1 Å². The van der Waals surface area contributed by atoms with E-state index in [0.717, 1.165) is 5.76 Å². The van der Waals surface area contributed by atoms with Crippen LogP contribution in [0.4, 0.5) is 0 Å². The minimum atomic E-state index is 0.203. The van der Waals surface area contributed by atoms with Crippen LogP contribution in [0.5, 0.6) is 0 Å². The van der Waals surface area contributed by atoms with Crippen molar-refractivity contribution in [1.82, 2.24) is 5.32 Å². The molecular formula is C9H12N2O. The van der Waals surface area contributed by atoms with Crippen LogP contribution in [0.3, 0.4) is 0 Å². The molecule has 0 spiro atoms. The smallest absolute Gasteiger partial charge is 0.133 e. The van der Waals surface area contributed by atoms with E-state index in [1.165, 1.54) is 0 Å². The van der Waals surface area contributed by atoms with Crippen LogP contribution in [-0.4, -0.2) is 19.0 Å². The third kappa shape index (κ3) is 1.22. The average Bonchev–Trinajstić information content (AvgIpc) is 2.51. The molecule has 0 aromatic heterocycles. The van der Waals surface area contributed by atoms with Crippen LogP contribution >= 0.6 is 0 Å². The van der Waals surface area contributed by atoms with Crippen molar-refractivity contribution in [2.75, 3.05) is 6.61 Å². The molecule has 2 unspecified atom stereocenters. The molecule has 3 heteroatoms. The molecule has 0 saturated carbocycles. The van der Waals surface area contributed by atoms with Crippen LogP contribution < -0.4 is 5.32 Å². The monoisotopic (exact) mass is 164 g/mol. The van der Waals surface area contributed by atoms with E-state index < -0.39 is 0 Å². The minimum absolute atomic E-state index is 0.203. The maximum atomic E-state index is 5.34. The number of allylic oxidation sites excluding steroid dienone is 1. The highest BCUT2D eigenvalue weighted by molar-refractivity contribution is 5.77. The predicted octanol–water partition coefficient (Wildman–Crippen LogP) is 1.05. The zero-order chi connectivity index (χ0) is 8.39. The number of nitrogens with zero attached hydrogens (tertiary/aromatic N) is 1. The summed E-state index contributed by atoms with van der Waals surface area (Å²) in [4.78, 5) is 4.30. The molecule has 0 fully saturated rings. The molecule has 0 bridgehead atoms. The summed E-state index contributed by atoms with van der Waals surface area (Å²) in [6.07, 6.45) is 8.12. The van der Waals surface area contributed by atoms with Gasteiger partial charge in [0.25, 0.3) is 0 Å². The lowest BCUT2D eigenvalue weighted by Crippen LogP contribution is -2.26. The van der Waals surface area contributed by atoms with Gasteiger partial charge in [-0.2, -0.15) is 0 Å². The van der Waals surface area contributed by atoms with Crippen LogP contribution in [0.2, 0.25) is 0 Å². The van der Waals surface area contributed by atoms with Crippen molar-refractivity contribution < 1.29 is 4.74 Å². The number of aliphatic imine (C=N–C) groups is 1. The fourth-order valence-electron chi connectivity index (χ4n) is 1.41. The summed E-state index contributed by atoms with van der Waals surface area (Å²) >= 11 is 0. The van der Waals surface area contributed by atoms with Crippen molar-refractivity contribution in [2.45, 2.75) is 13.1 Å². The van der Waals surface area contributed by atoms with Gasteiger partial charge in [-0.3, -0.25) is 4.99 Å². The SMILES string of the molecule is CCOC1=CC2C=CNC2N=C1. The molecule has 12 heavy (non-hydrogen) atoms. The molecule has 0 aromatic carbocycles. The molecule has 2 atom stereocenters. The Kier molecular flexibility index (Phi) is 1.86. The van der Waals surface area contributed by atoms with Crippen molar-refractivity contribution in [3.63, 3.8) is 0 Å². The predicted molar refractivity (Wildman–Crippen MR) is 47.8 cm³/mol. The zero-order valence-electron chi connectivity index (χ0n) is 7.03. The van der Waals surface area contributed by atoms with E-state index in [-0.39, 0.29) is 6.17 Å². The number of ether oxygens (including phenoxy) is 1. The quantitative estimate of drug-likeness (QED) is 0.661. The van der Waals surface area contributed by atoms with E-state index in [1.54, 1.807) is 6.21 Å². The van der Waals surface area contributed by atoms with Crippen molar-refractivity contribution in [3.8, 4) is 0 Å². The zero-order valence-corrected chi connectivity index (χ0v) is 7.03. The van der Waals surface area contributed by atoms with Crippen molar-refractivity contribution in [2.24, 2.45) is 10.9 Å². The molecule has 0 aliphatic carbocycles. The summed E-state index contributed by atoms with van der Waals surface area (Å²) in [6.45, 7) is 2.68. The summed E-state index contributed by atoms with van der Waals surface area (Å²) in [5.41, 5.74) is 0. The minimum Gasteiger partial charge on any atom is -0.493 e. The highest BCUT2D eigenvalue weighted by Gasteiger charge is 2.22. The van der Waals surface area contributed by atoms with Gasteiger partial charge in [0, 0.05) is 5.92 Å². The molecule has 2 aliphatic heterocycles. The van der Waals surface area contributed by atoms with Crippen LogP contribution in [0.1, 0.15) is 6.92 Å². The molecule has 0 aromatic rings. The first-order valence-corrected chi connectivity index (χ1v) is 4.20. The third-order valence-electron chi connectivity index (χ3n) is 1.98. The Balaban J connectivity index is 2.09. The van der Waals surface area contributed by atoms with Crippen LogP contribution in [-0.2, 0) is 4.74 Å². The number of dihydropyridines is 1. The maximum absolute atomic E-state index is 5.34. The Morgan fingerprint density at radius 3 is 3.42 bits per heavy atom. The van der Waals surface area contributed by atoms with E-state index >= 15 is 0 Å². The molecule has 2 rings (SSSR count). The number of hydrogen-bond acceptors (Lipinski definition) is 3. The Morgan fingerprint density at radius 1 is 1.67 bits per heavy atom. The molecule has 2 aliphatic rings. The van der Waals surface area contributed by atoms with Crippen LogP contribution in [0.25, 0.3) is 0 Å². The normalized spacial score (nSPS) is 30.9. The van der Waals surface area contributed by atoms with Gasteiger partial charge in [0.05, 0.1) is 12.8 Å². The highest BCUT2D eigenvalue weighted by Crippen LogP contribution is 2.20. The van der Waals surface area contributed by atoms with E-state index in [4.69, 9.17) is 4.74 Å². The largest absolute Gasteiger partial charge is 0.493 e. The Bertz CT molecular complexity index is 255. The van der Waals surface area contributed by atoms with Gasteiger partial charge >= 0.3 is 0 Å². The molecule has 64 valence electrons. The van der Waals surface area contributed by atoms with Crippen LogP contribution in [0, 0.1) is 5.92 Å². The summed E-state index contributed by atoms with van der Waals surface area (Å²) < 4.78 is 5.34. The van der Waals surface area contributed by atoms with Crippen molar-refractivity contribution >= 4 is 6.21 Å². The molecule has 3 nitrogen and oxygen atoms in total. The second-order valence-electron chi connectivity index (χ2n) is 2.83. The highest BCUT2D eigenvalue weighted by atomic mass is 16.5. The van der Waals surface area contributed by atoms with Gasteiger partial charge in [0.2, 0.25) is 0 Å². The summed E-state index contributed by atoms with van der Waals surface area (Å²) in [5, 5.41) is 3.14. The van der Waals surface area contributed by atoms with Gasteiger partial charge in [-0.1, -0.05) is 6.08 Å². The topological polar surface area (TPSA) is 33.6 Å². The first-order chi connectivity index (χ1) is 5.90. The average molecular weight is 164 g/mol. The lowest BCUT2D eigenvalue weighted by molar-refractivity contribution is 0.246. The molecular weight excluding hydrogens is 152 g/mol. The lowest BCUT2D eigenvalue weighted by atomic mass is 10.1. The van der Waals surface area contributed by atoms with Crippen LogP contribution in [0.15, 0.2) is 29.1 Å². The first kappa shape index (κ1) is 7.40. The Morgan fingerprint density at radius 2 is 2.58 bits per heavy atom. The molecule has 2 heterocycles. The second kappa shape index (κ2) is 3.01. The Labute approximate surface area is 71.8 Å². The number of rotatable bonds is 2. The van der Waals surface area contributed by atoms with Gasteiger partial charge < -0.3 is 10.1 Å². The summed E-state index contributed by atoms with van der Waals surface area (Å²) in [7, 11) is 0. The van der Waals surface area contributed by atoms with E-state index in [1.807, 2.05) is 13.1 Å². The fourth-order valence-corrected chi connectivity index (χ4v) is 1.41. The first-order valence-electron chi connectivity index (χ1n) is 4.20. The standard InChI is InChI=1S/C9H12N2O/c1-2-12-8-5-7-3-4-10-9(7)11-6-8/h3-7,9-10H,2H2,1H3. The van der Waals surface area contributed by atoms with E-state index in [2.05, 4.69) is 22.5 Å².